The van der Waals surface area contributed by atoms with Crippen molar-refractivity contribution < 1.29 is 24.2 Å². The van der Waals surface area contributed by atoms with E-state index in [2.05, 4.69) is 5.32 Å². The van der Waals surface area contributed by atoms with Crippen molar-refractivity contribution in [3.8, 4) is 0 Å². The van der Waals surface area contributed by atoms with Gasteiger partial charge in [0.2, 0.25) is 11.8 Å². The summed E-state index contributed by atoms with van der Waals surface area (Å²) in [6.07, 6.45) is 6.16. The Labute approximate surface area is 136 Å². The highest BCUT2D eigenvalue weighted by Gasteiger charge is 2.35. The molecule has 0 spiro atoms. The molecule has 0 radical (unpaired) electrons. The summed E-state index contributed by atoms with van der Waals surface area (Å²) in [6, 6.07) is -1.69. The molecule has 7 heteroatoms. The average molecular weight is 326 g/mol. The first-order valence-corrected chi connectivity index (χ1v) is 8.39. The van der Waals surface area contributed by atoms with Gasteiger partial charge in [0, 0.05) is 13.0 Å². The van der Waals surface area contributed by atoms with Crippen LogP contribution in [0.1, 0.15) is 45.4 Å². The van der Waals surface area contributed by atoms with Crippen LogP contribution in [0.3, 0.4) is 0 Å². The van der Waals surface area contributed by atoms with Gasteiger partial charge in [-0.2, -0.15) is 0 Å². The molecule has 0 aromatic carbocycles. The van der Waals surface area contributed by atoms with Gasteiger partial charge in [-0.1, -0.05) is 19.3 Å². The molecule has 1 saturated heterocycles. The van der Waals surface area contributed by atoms with E-state index in [-0.39, 0.29) is 25.0 Å². The van der Waals surface area contributed by atoms with Crippen molar-refractivity contribution in [3.63, 3.8) is 0 Å². The Balaban J connectivity index is 1.85. The average Bonchev–Trinajstić information content (AvgIpc) is 2.54. The molecule has 2 atom stereocenters. The van der Waals surface area contributed by atoms with Gasteiger partial charge in [-0.15, -0.1) is 0 Å². The molecule has 2 rings (SSSR count). The highest BCUT2D eigenvalue weighted by molar-refractivity contribution is 5.90. The molecule has 23 heavy (non-hydrogen) atoms. The Morgan fingerprint density at radius 2 is 1.96 bits per heavy atom. The lowest BCUT2D eigenvalue weighted by Gasteiger charge is -2.34. The Morgan fingerprint density at radius 1 is 1.26 bits per heavy atom. The largest absolute Gasteiger partial charge is 0.480 e. The molecule has 130 valence electrons. The molecule has 2 aliphatic rings. The van der Waals surface area contributed by atoms with E-state index in [9.17, 15) is 19.5 Å². The summed E-state index contributed by atoms with van der Waals surface area (Å²) >= 11 is 0. The summed E-state index contributed by atoms with van der Waals surface area (Å²) in [7, 11) is 0. The number of morpholine rings is 1. The van der Waals surface area contributed by atoms with Crippen LogP contribution in [0.5, 0.6) is 0 Å². The molecular weight excluding hydrogens is 300 g/mol. The smallest absolute Gasteiger partial charge is 0.328 e. The summed E-state index contributed by atoms with van der Waals surface area (Å²) in [5.74, 6) is -1.17. The fourth-order valence-corrected chi connectivity index (χ4v) is 3.34. The van der Waals surface area contributed by atoms with E-state index in [0.717, 1.165) is 12.8 Å². The number of carboxylic acid groups (broad SMARTS) is 1. The number of amides is 2. The number of carboxylic acids is 1. The molecule has 2 unspecified atom stereocenters. The molecule has 1 aliphatic heterocycles. The van der Waals surface area contributed by atoms with Crippen LogP contribution in [0.2, 0.25) is 0 Å². The van der Waals surface area contributed by atoms with E-state index in [1.807, 2.05) is 0 Å². The van der Waals surface area contributed by atoms with Crippen molar-refractivity contribution in [2.75, 3.05) is 19.8 Å². The second-order valence-corrected chi connectivity index (χ2v) is 6.46. The van der Waals surface area contributed by atoms with Crippen LogP contribution in [-0.2, 0) is 19.1 Å². The predicted molar refractivity (Wildman–Crippen MR) is 82.8 cm³/mol. The zero-order chi connectivity index (χ0) is 16.8. The lowest BCUT2D eigenvalue weighted by molar-refractivity contribution is -0.159. The van der Waals surface area contributed by atoms with Gasteiger partial charge in [0.15, 0.2) is 6.04 Å². The normalized spacial score (nSPS) is 24.0. The summed E-state index contributed by atoms with van der Waals surface area (Å²) in [6.45, 7) is 2.15. The number of aliphatic carboxylic acids is 1. The van der Waals surface area contributed by atoms with Gasteiger partial charge in [-0.25, -0.2) is 4.79 Å². The molecule has 2 fully saturated rings. The number of rotatable bonds is 5. The molecule has 2 amide bonds. The summed E-state index contributed by atoms with van der Waals surface area (Å²) in [5, 5.41) is 11.9. The number of carbonyl (C=O) groups excluding carboxylic acids is 2. The molecule has 2 N–H and O–H groups in total. The summed E-state index contributed by atoms with van der Waals surface area (Å²) in [4.78, 5) is 37.0. The zero-order valence-electron chi connectivity index (χ0n) is 13.6. The number of hydrogen-bond acceptors (Lipinski definition) is 4. The lowest BCUT2D eigenvalue weighted by Crippen LogP contribution is -2.57. The van der Waals surface area contributed by atoms with Crippen molar-refractivity contribution >= 4 is 17.8 Å². The number of nitrogens with one attached hydrogen (secondary N) is 1. The maximum atomic E-state index is 12.4. The summed E-state index contributed by atoms with van der Waals surface area (Å²) in [5.41, 5.74) is 0. The highest BCUT2D eigenvalue weighted by Crippen LogP contribution is 2.26. The maximum Gasteiger partial charge on any atom is 0.328 e. The molecule has 7 nitrogen and oxygen atoms in total. The van der Waals surface area contributed by atoms with E-state index in [1.54, 1.807) is 6.92 Å². The molecule has 1 heterocycles. The first kappa shape index (κ1) is 17.7. The van der Waals surface area contributed by atoms with E-state index < -0.39 is 18.1 Å². The van der Waals surface area contributed by atoms with E-state index in [0.29, 0.717) is 18.9 Å². The van der Waals surface area contributed by atoms with Gasteiger partial charge in [-0.3, -0.25) is 9.59 Å². The van der Waals surface area contributed by atoms with Crippen molar-refractivity contribution in [2.24, 2.45) is 5.92 Å². The lowest BCUT2D eigenvalue weighted by atomic mass is 9.87. The Bertz CT molecular complexity index is 448. The third kappa shape index (κ3) is 4.92. The van der Waals surface area contributed by atoms with Gasteiger partial charge in [0.25, 0.3) is 0 Å². The predicted octanol–water partition coefficient (Wildman–Crippen LogP) is 0.774. The second kappa shape index (κ2) is 8.29. The van der Waals surface area contributed by atoms with Crippen LogP contribution in [0.4, 0.5) is 0 Å². The number of nitrogens with zero attached hydrogens (tertiary/aromatic N) is 1. The van der Waals surface area contributed by atoms with Crippen molar-refractivity contribution in [1.29, 1.82) is 0 Å². The standard InChI is InChI=1S/C16H26N2O5/c1-11(17-14(19)9-12-5-3-2-4-6-12)15(20)18-7-8-23-10-13(18)16(21)22/h11-13H,2-10H2,1H3,(H,17,19)(H,21,22). The quantitative estimate of drug-likeness (QED) is 0.778. The van der Waals surface area contributed by atoms with Crippen LogP contribution in [0.25, 0.3) is 0 Å². The Kier molecular flexibility index (Phi) is 6.38. The molecule has 0 bridgehead atoms. The van der Waals surface area contributed by atoms with Crippen LogP contribution in [0.15, 0.2) is 0 Å². The molecular formula is C16H26N2O5. The molecule has 1 saturated carbocycles. The minimum atomic E-state index is -1.08. The van der Waals surface area contributed by atoms with Crippen molar-refractivity contribution in [2.45, 2.75) is 57.5 Å². The van der Waals surface area contributed by atoms with Gasteiger partial charge in [-0.05, 0) is 25.7 Å². The highest BCUT2D eigenvalue weighted by atomic mass is 16.5. The maximum absolute atomic E-state index is 12.4. The number of ether oxygens (including phenoxy) is 1. The molecule has 0 aromatic heterocycles. The topological polar surface area (TPSA) is 95.9 Å². The van der Waals surface area contributed by atoms with Crippen LogP contribution < -0.4 is 5.32 Å². The minimum absolute atomic E-state index is 0.0101. The number of hydrogen-bond donors (Lipinski definition) is 2. The SMILES string of the molecule is CC(NC(=O)CC1CCCCC1)C(=O)N1CCOCC1C(=O)O. The van der Waals surface area contributed by atoms with Gasteiger partial charge in [0.1, 0.15) is 6.04 Å². The fourth-order valence-electron chi connectivity index (χ4n) is 3.34. The molecule has 0 aromatic rings. The van der Waals surface area contributed by atoms with Gasteiger partial charge in [0.05, 0.1) is 13.2 Å². The Morgan fingerprint density at radius 3 is 2.61 bits per heavy atom. The summed E-state index contributed by atoms with van der Waals surface area (Å²) < 4.78 is 5.12. The van der Waals surface area contributed by atoms with E-state index >= 15 is 0 Å². The van der Waals surface area contributed by atoms with Crippen molar-refractivity contribution in [1.82, 2.24) is 10.2 Å². The minimum Gasteiger partial charge on any atom is -0.480 e. The van der Waals surface area contributed by atoms with Crippen molar-refractivity contribution in [3.05, 3.63) is 0 Å². The van der Waals surface area contributed by atoms with Gasteiger partial charge < -0.3 is 20.1 Å². The van der Waals surface area contributed by atoms with Crippen LogP contribution in [0, 0.1) is 5.92 Å². The third-order valence-electron chi connectivity index (χ3n) is 4.64. The van der Waals surface area contributed by atoms with Crippen LogP contribution >= 0.6 is 0 Å². The monoisotopic (exact) mass is 326 g/mol. The second-order valence-electron chi connectivity index (χ2n) is 6.46. The molecule has 1 aliphatic carbocycles. The third-order valence-corrected chi connectivity index (χ3v) is 4.64. The van der Waals surface area contributed by atoms with E-state index in [4.69, 9.17) is 4.74 Å². The number of carbonyl (C=O) groups is 3. The van der Waals surface area contributed by atoms with Crippen LogP contribution in [-0.4, -0.2) is 59.6 Å². The Hall–Kier alpha value is -1.63. The first-order valence-electron chi connectivity index (χ1n) is 8.39. The van der Waals surface area contributed by atoms with E-state index in [1.165, 1.54) is 24.2 Å². The first-order chi connectivity index (χ1) is 11.0. The zero-order valence-corrected chi connectivity index (χ0v) is 13.6. The van der Waals surface area contributed by atoms with Gasteiger partial charge >= 0.3 is 5.97 Å². The fraction of sp³-hybridized carbons (Fsp3) is 0.812.